The number of hydrogen-bond acceptors (Lipinski definition) is 3. The van der Waals surface area contributed by atoms with Gasteiger partial charge in [0.05, 0.1) is 12.1 Å². The number of allylic oxidation sites excluding steroid dienone is 1. The van der Waals surface area contributed by atoms with E-state index in [1.54, 1.807) is 0 Å². The van der Waals surface area contributed by atoms with Gasteiger partial charge in [-0.1, -0.05) is 6.92 Å². The lowest BCUT2D eigenvalue weighted by atomic mass is 10.0. The SMILES string of the molecule is CC/C(=C(/CCO)C(=O)N1COc2ccc(C(F)(F)F)cc2C1)C(F)(F)F. The van der Waals surface area contributed by atoms with E-state index in [2.05, 4.69) is 0 Å². The Morgan fingerprint density at radius 1 is 1.22 bits per heavy atom. The zero-order valence-corrected chi connectivity index (χ0v) is 14.2. The molecule has 0 fully saturated rings. The van der Waals surface area contributed by atoms with Gasteiger partial charge >= 0.3 is 12.4 Å². The predicted octanol–water partition coefficient (Wildman–Crippen LogP) is 4.04. The van der Waals surface area contributed by atoms with E-state index in [0.29, 0.717) is 0 Å². The fourth-order valence-corrected chi connectivity index (χ4v) is 2.82. The molecule has 0 spiro atoms. The van der Waals surface area contributed by atoms with Crippen LogP contribution in [0.15, 0.2) is 29.3 Å². The van der Waals surface area contributed by atoms with Gasteiger partial charge in [0.25, 0.3) is 5.91 Å². The van der Waals surface area contributed by atoms with Crippen molar-refractivity contribution in [2.45, 2.75) is 38.7 Å². The number of halogens is 6. The summed E-state index contributed by atoms with van der Waals surface area (Å²) >= 11 is 0. The van der Waals surface area contributed by atoms with Crippen molar-refractivity contribution in [3.63, 3.8) is 0 Å². The molecule has 4 nitrogen and oxygen atoms in total. The molecule has 1 aliphatic rings. The number of fused-ring (bicyclic) bond motifs is 1. The number of carbonyl (C=O) groups is 1. The van der Waals surface area contributed by atoms with Crippen LogP contribution in [-0.4, -0.2) is 35.4 Å². The van der Waals surface area contributed by atoms with Gasteiger partial charge in [-0.05, 0) is 24.6 Å². The standard InChI is InChI=1S/C17H17F6NO3/c1-2-13(17(21,22)23)12(5-6-25)15(26)24-8-10-7-11(16(18,19)20)3-4-14(10)27-9-24/h3-4,7,25H,2,5-6,8-9H2,1H3/b13-12+. The van der Waals surface area contributed by atoms with Crippen molar-refractivity contribution in [2.24, 2.45) is 0 Å². The Labute approximate surface area is 151 Å². The first kappa shape index (κ1) is 21.1. The summed E-state index contributed by atoms with van der Waals surface area (Å²) in [5.74, 6) is -0.896. The second kappa shape index (κ2) is 7.79. The number of amides is 1. The third-order valence-corrected chi connectivity index (χ3v) is 4.09. The third-order valence-electron chi connectivity index (χ3n) is 4.09. The van der Waals surface area contributed by atoms with Crippen LogP contribution in [0.3, 0.4) is 0 Å². The zero-order chi connectivity index (χ0) is 20.4. The van der Waals surface area contributed by atoms with E-state index in [0.717, 1.165) is 23.1 Å². The van der Waals surface area contributed by atoms with Crippen molar-refractivity contribution >= 4 is 5.91 Å². The second-order valence-electron chi connectivity index (χ2n) is 5.88. The van der Waals surface area contributed by atoms with Crippen LogP contribution in [-0.2, 0) is 17.5 Å². The quantitative estimate of drug-likeness (QED) is 0.617. The number of ether oxygens (including phenoxy) is 1. The van der Waals surface area contributed by atoms with Crippen molar-refractivity contribution in [1.82, 2.24) is 4.90 Å². The summed E-state index contributed by atoms with van der Waals surface area (Å²) in [5, 5.41) is 9.05. The minimum atomic E-state index is -4.76. The lowest BCUT2D eigenvalue weighted by molar-refractivity contribution is -0.137. The highest BCUT2D eigenvalue weighted by molar-refractivity contribution is 5.94. The highest BCUT2D eigenvalue weighted by Gasteiger charge is 2.38. The van der Waals surface area contributed by atoms with E-state index in [9.17, 15) is 31.1 Å². The smallest absolute Gasteiger partial charge is 0.416 e. The summed E-state index contributed by atoms with van der Waals surface area (Å²) in [4.78, 5) is 13.5. The molecule has 150 valence electrons. The predicted molar refractivity (Wildman–Crippen MR) is 82.6 cm³/mol. The first-order chi connectivity index (χ1) is 12.5. The van der Waals surface area contributed by atoms with Gasteiger partial charge in [-0.25, -0.2) is 0 Å². The van der Waals surface area contributed by atoms with Gasteiger partial charge in [0.15, 0.2) is 6.73 Å². The number of nitrogens with zero attached hydrogens (tertiary/aromatic N) is 1. The molecule has 0 aliphatic carbocycles. The number of aliphatic hydroxyl groups is 1. The Balaban J connectivity index is 2.36. The Morgan fingerprint density at radius 2 is 1.89 bits per heavy atom. The first-order valence-corrected chi connectivity index (χ1v) is 8.01. The van der Waals surface area contributed by atoms with Gasteiger partial charge in [0.1, 0.15) is 5.75 Å². The van der Waals surface area contributed by atoms with E-state index in [-0.39, 0.29) is 17.9 Å². The maximum Gasteiger partial charge on any atom is 0.416 e. The molecule has 1 aliphatic heterocycles. The molecule has 0 bridgehead atoms. The molecule has 0 saturated heterocycles. The van der Waals surface area contributed by atoms with Gasteiger partial charge in [-0.2, -0.15) is 26.3 Å². The Morgan fingerprint density at radius 3 is 2.41 bits per heavy atom. The molecular formula is C17H17F6NO3. The van der Waals surface area contributed by atoms with Crippen LogP contribution < -0.4 is 4.74 Å². The number of hydrogen-bond donors (Lipinski definition) is 1. The van der Waals surface area contributed by atoms with Crippen molar-refractivity contribution in [2.75, 3.05) is 13.3 Å². The summed E-state index contributed by atoms with van der Waals surface area (Å²) in [6.45, 7) is -0.182. The monoisotopic (exact) mass is 397 g/mol. The van der Waals surface area contributed by atoms with E-state index >= 15 is 0 Å². The molecule has 1 amide bonds. The van der Waals surface area contributed by atoms with Crippen LogP contribution in [0.25, 0.3) is 0 Å². The van der Waals surface area contributed by atoms with Crippen molar-refractivity contribution in [1.29, 1.82) is 0 Å². The Kier molecular flexibility index (Phi) is 6.08. The molecule has 10 heteroatoms. The number of aliphatic hydroxyl groups excluding tert-OH is 1. The van der Waals surface area contributed by atoms with Gasteiger partial charge in [0, 0.05) is 29.7 Å². The molecule has 0 atom stereocenters. The van der Waals surface area contributed by atoms with Gasteiger partial charge in [-0.3, -0.25) is 4.79 Å². The fourth-order valence-electron chi connectivity index (χ4n) is 2.82. The zero-order valence-electron chi connectivity index (χ0n) is 14.2. The van der Waals surface area contributed by atoms with Gasteiger partial charge in [0.2, 0.25) is 0 Å². The van der Waals surface area contributed by atoms with E-state index in [1.165, 1.54) is 6.92 Å². The summed E-state index contributed by atoms with van der Waals surface area (Å²) < 4.78 is 83.3. The first-order valence-electron chi connectivity index (χ1n) is 8.01. The van der Waals surface area contributed by atoms with Crippen LogP contribution in [0.1, 0.15) is 30.9 Å². The Hall–Kier alpha value is -2.23. The van der Waals surface area contributed by atoms with E-state index in [1.807, 2.05) is 0 Å². The lowest BCUT2D eigenvalue weighted by Crippen LogP contribution is -2.39. The van der Waals surface area contributed by atoms with Crippen LogP contribution in [0, 0.1) is 0 Å². The second-order valence-corrected chi connectivity index (χ2v) is 5.88. The molecular weight excluding hydrogens is 380 g/mol. The highest BCUT2D eigenvalue weighted by atomic mass is 19.4. The number of alkyl halides is 6. The average Bonchev–Trinajstić information content (AvgIpc) is 2.58. The fraction of sp³-hybridized carbons (Fsp3) is 0.471. The molecule has 1 N–H and O–H groups in total. The minimum Gasteiger partial charge on any atom is -0.473 e. The molecule has 1 aromatic carbocycles. The summed E-state index contributed by atoms with van der Waals surface area (Å²) in [6.07, 6.45) is -10.4. The molecule has 0 unspecified atom stereocenters. The van der Waals surface area contributed by atoms with E-state index < -0.39 is 61.1 Å². The van der Waals surface area contributed by atoms with Crippen LogP contribution >= 0.6 is 0 Å². The molecule has 2 rings (SSSR count). The van der Waals surface area contributed by atoms with Crippen LogP contribution in [0.2, 0.25) is 0 Å². The van der Waals surface area contributed by atoms with Crippen molar-refractivity contribution < 1.29 is 41.0 Å². The molecule has 1 aromatic rings. The van der Waals surface area contributed by atoms with E-state index in [4.69, 9.17) is 9.84 Å². The largest absolute Gasteiger partial charge is 0.473 e. The van der Waals surface area contributed by atoms with Gasteiger partial charge in [-0.15, -0.1) is 0 Å². The molecule has 27 heavy (non-hydrogen) atoms. The minimum absolute atomic E-state index is 0.0397. The Bertz CT molecular complexity index is 739. The number of rotatable bonds is 4. The third kappa shape index (κ3) is 4.74. The maximum absolute atomic E-state index is 13.2. The molecule has 0 saturated carbocycles. The maximum atomic E-state index is 13.2. The highest BCUT2D eigenvalue weighted by Crippen LogP contribution is 2.36. The average molecular weight is 397 g/mol. The number of benzene rings is 1. The van der Waals surface area contributed by atoms with Crippen LogP contribution in [0.4, 0.5) is 26.3 Å². The van der Waals surface area contributed by atoms with Crippen molar-refractivity contribution in [3.8, 4) is 5.75 Å². The molecule has 1 heterocycles. The number of carbonyl (C=O) groups excluding carboxylic acids is 1. The topological polar surface area (TPSA) is 49.8 Å². The normalized spacial score (nSPS) is 15.8. The summed E-state index contributed by atoms with van der Waals surface area (Å²) in [7, 11) is 0. The summed E-state index contributed by atoms with van der Waals surface area (Å²) in [6, 6.07) is 2.73. The van der Waals surface area contributed by atoms with Crippen LogP contribution in [0.5, 0.6) is 5.75 Å². The molecule has 0 aromatic heterocycles. The summed E-state index contributed by atoms with van der Waals surface area (Å²) in [5.41, 5.74) is -2.60. The van der Waals surface area contributed by atoms with Gasteiger partial charge < -0.3 is 14.7 Å². The molecule has 0 radical (unpaired) electrons. The lowest BCUT2D eigenvalue weighted by Gasteiger charge is -2.31. The van der Waals surface area contributed by atoms with Crippen molar-refractivity contribution in [3.05, 3.63) is 40.5 Å².